The van der Waals surface area contributed by atoms with Crippen molar-refractivity contribution in [3.8, 4) is 0 Å². The molecule has 0 aliphatic carbocycles. The van der Waals surface area contributed by atoms with Crippen molar-refractivity contribution in [2.24, 2.45) is 11.7 Å². The highest BCUT2D eigenvalue weighted by atomic mass is 32.1. The molecule has 1 atom stereocenters. The molecule has 0 saturated carbocycles. The zero-order chi connectivity index (χ0) is 14.8. The first-order valence-corrected chi connectivity index (χ1v) is 8.30. The Bertz CT molecular complexity index is 424. The lowest BCUT2D eigenvalue weighted by Crippen LogP contribution is -2.44. The summed E-state index contributed by atoms with van der Waals surface area (Å²) in [5.41, 5.74) is 9.15. The average Bonchev–Trinajstić information content (AvgIpc) is 2.87. The summed E-state index contributed by atoms with van der Waals surface area (Å²) in [7, 11) is 2.22. The van der Waals surface area contributed by atoms with Crippen molar-refractivity contribution in [2.75, 3.05) is 33.2 Å². The lowest BCUT2D eigenvalue weighted by molar-refractivity contribution is 0.237. The highest BCUT2D eigenvalue weighted by molar-refractivity contribution is 7.09. The highest BCUT2D eigenvalue weighted by Crippen LogP contribution is 2.20. The first kappa shape index (κ1) is 15.9. The average molecular weight is 296 g/mol. The predicted molar refractivity (Wildman–Crippen MR) is 86.0 cm³/mol. The summed E-state index contributed by atoms with van der Waals surface area (Å²) < 4.78 is 0. The van der Waals surface area contributed by atoms with E-state index in [-0.39, 0.29) is 5.54 Å². The molecule has 114 valence electrons. The van der Waals surface area contributed by atoms with Crippen LogP contribution in [0.25, 0.3) is 0 Å². The van der Waals surface area contributed by atoms with E-state index in [2.05, 4.69) is 42.6 Å². The quantitative estimate of drug-likeness (QED) is 0.871. The molecule has 4 nitrogen and oxygen atoms in total. The van der Waals surface area contributed by atoms with Gasteiger partial charge in [-0.2, -0.15) is 0 Å². The predicted octanol–water partition coefficient (Wildman–Crippen LogP) is 1.94. The zero-order valence-corrected chi connectivity index (χ0v) is 14.0. The van der Waals surface area contributed by atoms with Gasteiger partial charge in [-0.05, 0) is 46.7 Å². The van der Waals surface area contributed by atoms with E-state index < -0.39 is 0 Å². The second-order valence-corrected chi connectivity index (χ2v) is 7.88. The monoisotopic (exact) mass is 296 g/mol. The second kappa shape index (κ2) is 6.52. The molecule has 0 spiro atoms. The van der Waals surface area contributed by atoms with E-state index in [4.69, 9.17) is 5.73 Å². The zero-order valence-electron chi connectivity index (χ0n) is 13.2. The fraction of sp³-hybridized carbons (Fsp3) is 0.800. The van der Waals surface area contributed by atoms with Crippen LogP contribution in [-0.4, -0.2) is 53.5 Å². The normalized spacial score (nSPS) is 21.0. The van der Waals surface area contributed by atoms with Gasteiger partial charge in [-0.15, -0.1) is 11.3 Å². The first-order chi connectivity index (χ1) is 9.33. The van der Waals surface area contributed by atoms with E-state index in [0.717, 1.165) is 19.0 Å². The van der Waals surface area contributed by atoms with Crippen LogP contribution < -0.4 is 5.73 Å². The summed E-state index contributed by atoms with van der Waals surface area (Å²) >= 11 is 1.76. The van der Waals surface area contributed by atoms with E-state index in [9.17, 15) is 0 Å². The van der Waals surface area contributed by atoms with E-state index in [1.165, 1.54) is 36.6 Å². The Morgan fingerprint density at radius 1 is 1.55 bits per heavy atom. The molecular weight excluding hydrogens is 268 g/mol. The van der Waals surface area contributed by atoms with Gasteiger partial charge in [0.05, 0.1) is 11.2 Å². The molecule has 1 aromatic rings. The van der Waals surface area contributed by atoms with Crippen molar-refractivity contribution in [3.05, 3.63) is 16.1 Å². The van der Waals surface area contributed by atoms with E-state index >= 15 is 0 Å². The minimum atomic E-state index is -0.0828. The maximum absolute atomic E-state index is 6.11. The van der Waals surface area contributed by atoms with Crippen molar-refractivity contribution < 1.29 is 0 Å². The van der Waals surface area contributed by atoms with Crippen LogP contribution in [0, 0.1) is 12.8 Å². The van der Waals surface area contributed by atoms with E-state index in [1.54, 1.807) is 11.3 Å². The Morgan fingerprint density at radius 2 is 2.30 bits per heavy atom. The number of thiazole rings is 1. The van der Waals surface area contributed by atoms with E-state index in [0.29, 0.717) is 0 Å². The van der Waals surface area contributed by atoms with Crippen molar-refractivity contribution in [3.63, 3.8) is 0 Å². The largest absolute Gasteiger partial charge is 0.324 e. The number of likely N-dealkylation sites (tertiary alicyclic amines) is 1. The molecule has 1 unspecified atom stereocenters. The molecule has 1 saturated heterocycles. The Hall–Kier alpha value is -0.490. The Kier molecular flexibility index (Phi) is 5.18. The first-order valence-electron chi connectivity index (χ1n) is 7.42. The van der Waals surface area contributed by atoms with Gasteiger partial charge in [0.1, 0.15) is 0 Å². The van der Waals surface area contributed by atoms with Gasteiger partial charge in [-0.25, -0.2) is 4.98 Å². The molecule has 0 aromatic carbocycles. The van der Waals surface area contributed by atoms with Gasteiger partial charge in [0.2, 0.25) is 0 Å². The molecule has 20 heavy (non-hydrogen) atoms. The molecule has 1 aliphatic heterocycles. The Morgan fingerprint density at radius 3 is 2.90 bits per heavy atom. The summed E-state index contributed by atoms with van der Waals surface area (Å²) in [5, 5.41) is 0. The van der Waals surface area contributed by atoms with Gasteiger partial charge in [0.15, 0.2) is 0 Å². The SMILES string of the molecule is Cc1ncsc1CN(C)CC1CCN(CC(C)(C)N)C1. The van der Waals surface area contributed by atoms with Crippen LogP contribution in [0.3, 0.4) is 0 Å². The molecule has 1 aromatic heterocycles. The smallest absolute Gasteiger partial charge is 0.0798 e. The fourth-order valence-electron chi connectivity index (χ4n) is 3.01. The number of hydrogen-bond acceptors (Lipinski definition) is 5. The molecule has 1 aliphatic rings. The lowest BCUT2D eigenvalue weighted by atomic mass is 10.1. The van der Waals surface area contributed by atoms with Gasteiger partial charge in [-0.3, -0.25) is 0 Å². The standard InChI is InChI=1S/C15H28N4S/c1-12-14(20-11-17-12)9-18(4)7-13-5-6-19(8-13)10-15(2,3)16/h11,13H,5-10,16H2,1-4H3. The van der Waals surface area contributed by atoms with Crippen LogP contribution in [0.1, 0.15) is 30.8 Å². The number of aromatic nitrogens is 1. The van der Waals surface area contributed by atoms with Gasteiger partial charge in [0.25, 0.3) is 0 Å². The number of rotatable bonds is 6. The molecular formula is C15H28N4S. The van der Waals surface area contributed by atoms with Crippen LogP contribution >= 0.6 is 11.3 Å². The lowest BCUT2D eigenvalue weighted by Gasteiger charge is -2.26. The summed E-state index contributed by atoms with van der Waals surface area (Å²) in [6, 6.07) is 0. The number of nitrogens with zero attached hydrogens (tertiary/aromatic N) is 3. The van der Waals surface area contributed by atoms with Gasteiger partial charge in [-0.1, -0.05) is 0 Å². The molecule has 0 bridgehead atoms. The minimum Gasteiger partial charge on any atom is -0.324 e. The van der Waals surface area contributed by atoms with Crippen LogP contribution in [0.15, 0.2) is 5.51 Å². The maximum Gasteiger partial charge on any atom is 0.0798 e. The van der Waals surface area contributed by atoms with Crippen molar-refractivity contribution >= 4 is 11.3 Å². The van der Waals surface area contributed by atoms with E-state index in [1.807, 2.05) is 5.51 Å². The Labute approximate surface area is 127 Å². The Balaban J connectivity index is 1.76. The van der Waals surface area contributed by atoms with Crippen molar-refractivity contribution in [1.29, 1.82) is 0 Å². The fourth-order valence-corrected chi connectivity index (χ4v) is 3.87. The highest BCUT2D eigenvalue weighted by Gasteiger charge is 2.26. The third kappa shape index (κ3) is 4.81. The van der Waals surface area contributed by atoms with Gasteiger partial charge < -0.3 is 15.5 Å². The number of nitrogens with two attached hydrogens (primary N) is 1. The molecule has 0 radical (unpaired) electrons. The van der Waals surface area contributed by atoms with Crippen LogP contribution in [0.5, 0.6) is 0 Å². The van der Waals surface area contributed by atoms with Crippen LogP contribution in [0.2, 0.25) is 0 Å². The molecule has 1 fully saturated rings. The third-order valence-corrected chi connectivity index (χ3v) is 4.75. The number of aryl methyl sites for hydroxylation is 1. The van der Waals surface area contributed by atoms with Crippen LogP contribution in [0.4, 0.5) is 0 Å². The molecule has 0 amide bonds. The maximum atomic E-state index is 6.11. The topological polar surface area (TPSA) is 45.4 Å². The summed E-state index contributed by atoms with van der Waals surface area (Å²) in [5.74, 6) is 0.774. The second-order valence-electron chi connectivity index (χ2n) is 6.94. The number of hydrogen-bond donors (Lipinski definition) is 1. The van der Waals surface area contributed by atoms with Gasteiger partial charge in [0, 0.05) is 36.6 Å². The summed E-state index contributed by atoms with van der Waals surface area (Å²) in [4.78, 5) is 10.7. The van der Waals surface area contributed by atoms with Crippen molar-refractivity contribution in [2.45, 2.75) is 39.3 Å². The molecule has 2 heterocycles. The summed E-state index contributed by atoms with van der Waals surface area (Å²) in [6.45, 7) is 11.9. The molecule has 5 heteroatoms. The molecule has 2 rings (SSSR count). The van der Waals surface area contributed by atoms with Crippen LogP contribution in [-0.2, 0) is 6.54 Å². The molecule has 2 N–H and O–H groups in total. The third-order valence-electron chi connectivity index (χ3n) is 3.83. The van der Waals surface area contributed by atoms with Gasteiger partial charge >= 0.3 is 0 Å². The van der Waals surface area contributed by atoms with Crippen molar-refractivity contribution in [1.82, 2.24) is 14.8 Å². The summed E-state index contributed by atoms with van der Waals surface area (Å²) in [6.07, 6.45) is 1.29. The minimum absolute atomic E-state index is 0.0828.